The van der Waals surface area contributed by atoms with Gasteiger partial charge in [0, 0.05) is 38.9 Å². The summed E-state index contributed by atoms with van der Waals surface area (Å²) in [6, 6.07) is 0. The van der Waals surface area contributed by atoms with Crippen molar-refractivity contribution in [3.05, 3.63) is 48.6 Å². The maximum absolute atomic E-state index is 13.1. The molecule has 0 rings (SSSR count). The van der Waals surface area contributed by atoms with Crippen LogP contribution in [-0.4, -0.2) is 111 Å². The van der Waals surface area contributed by atoms with Crippen LogP contribution in [-0.2, 0) is 65.4 Å². The molecular formula is C79H146O17P2. The Hall–Kier alpha value is -2.66. The predicted molar refractivity (Wildman–Crippen MR) is 400 cm³/mol. The topological polar surface area (TPSA) is 237 Å². The number of carbonyl (C=O) groups is 4. The summed E-state index contributed by atoms with van der Waals surface area (Å²) in [6.07, 6.45) is 73.4. The van der Waals surface area contributed by atoms with Crippen molar-refractivity contribution in [1.82, 2.24) is 0 Å². The highest BCUT2D eigenvalue weighted by molar-refractivity contribution is 7.47. The third-order valence-corrected chi connectivity index (χ3v) is 19.2. The molecule has 574 valence electrons. The minimum Gasteiger partial charge on any atom is -0.463 e. The molecule has 5 atom stereocenters. The van der Waals surface area contributed by atoms with E-state index in [2.05, 4.69) is 62.5 Å². The van der Waals surface area contributed by atoms with Crippen molar-refractivity contribution in [3.8, 4) is 0 Å². The van der Waals surface area contributed by atoms with Gasteiger partial charge in [0.1, 0.15) is 37.5 Å². The molecule has 2 unspecified atom stereocenters. The highest BCUT2D eigenvalue weighted by atomic mass is 31.2. The summed E-state index contributed by atoms with van der Waals surface area (Å²) in [4.78, 5) is 68.0. The van der Waals surface area contributed by atoms with Gasteiger partial charge in [0.15, 0.2) is 0 Å². The molecule has 0 saturated carbocycles. The van der Waals surface area contributed by atoms with Crippen LogP contribution in [0.2, 0.25) is 0 Å². The Morgan fingerprint density at radius 3 is 1.05 bits per heavy atom. The zero-order chi connectivity index (χ0) is 71.5. The van der Waals surface area contributed by atoms with Crippen LogP contribution in [0.15, 0.2) is 48.6 Å². The van der Waals surface area contributed by atoms with Gasteiger partial charge in [-0.2, -0.15) is 0 Å². The van der Waals surface area contributed by atoms with E-state index in [0.717, 1.165) is 192 Å². The minimum atomic E-state index is -4.85. The lowest BCUT2D eigenvalue weighted by Crippen LogP contribution is -2.29. The fraction of sp³-hybridized carbons (Fsp3) is 0.848. The molecule has 0 radical (unpaired) electrons. The summed E-state index contributed by atoms with van der Waals surface area (Å²) < 4.78 is 70.0. The fourth-order valence-electron chi connectivity index (χ4n) is 11.2. The van der Waals surface area contributed by atoms with E-state index in [1.54, 1.807) is 0 Å². The lowest BCUT2D eigenvalue weighted by Gasteiger charge is -2.21. The first-order valence-corrected chi connectivity index (χ1v) is 42.8. The summed E-state index contributed by atoms with van der Waals surface area (Å²) >= 11 is 0. The summed E-state index contributed by atoms with van der Waals surface area (Å²) in [5, 5.41) is 10.6. The Balaban J connectivity index is 5.18. The zero-order valence-corrected chi connectivity index (χ0v) is 64.1. The first-order chi connectivity index (χ1) is 47.9. The molecule has 0 spiro atoms. The first-order valence-electron chi connectivity index (χ1n) is 39.8. The normalized spacial score (nSPS) is 14.2. The molecule has 0 aromatic carbocycles. The van der Waals surface area contributed by atoms with Gasteiger partial charge in [-0.25, -0.2) is 9.13 Å². The lowest BCUT2D eigenvalue weighted by molar-refractivity contribution is -0.154. The largest absolute Gasteiger partial charge is 0.472 e. The highest BCUT2D eigenvalue weighted by Gasteiger charge is 2.29. The highest BCUT2D eigenvalue weighted by Crippen LogP contribution is 2.45. The van der Waals surface area contributed by atoms with Gasteiger partial charge < -0.3 is 43.4 Å². The van der Waals surface area contributed by atoms with E-state index >= 15 is 0 Å². The van der Waals surface area contributed by atoms with Gasteiger partial charge in [0.2, 0.25) is 0 Å². The number of esters is 2. The van der Waals surface area contributed by atoms with E-state index in [4.69, 9.17) is 37.0 Å². The molecule has 0 heterocycles. The Bertz CT molecular complexity index is 1980. The zero-order valence-electron chi connectivity index (χ0n) is 62.3. The van der Waals surface area contributed by atoms with Crippen molar-refractivity contribution < 1.29 is 80.2 Å². The molecule has 0 aliphatic carbocycles. The van der Waals surface area contributed by atoms with Crippen LogP contribution in [0.1, 0.15) is 361 Å². The molecule has 17 nitrogen and oxygen atoms in total. The molecule has 0 fully saturated rings. The van der Waals surface area contributed by atoms with Crippen LogP contribution in [0.4, 0.5) is 0 Å². The number of unbranched alkanes of at least 4 members (excludes halogenated alkanes) is 44. The van der Waals surface area contributed by atoms with Gasteiger partial charge in [-0.15, -0.1) is 0 Å². The number of hydrogen-bond acceptors (Lipinski definition) is 15. The third kappa shape index (κ3) is 74.5. The summed E-state index contributed by atoms with van der Waals surface area (Å²) in [7, 11) is -9.67. The van der Waals surface area contributed by atoms with E-state index in [0.29, 0.717) is 38.9 Å². The maximum atomic E-state index is 13.1. The average Bonchev–Trinajstić information content (AvgIpc) is 1.02. The van der Waals surface area contributed by atoms with Crippen molar-refractivity contribution in [2.75, 3.05) is 52.9 Å². The molecule has 0 amide bonds. The number of phosphoric ester groups is 2. The van der Waals surface area contributed by atoms with Crippen LogP contribution < -0.4 is 0 Å². The minimum absolute atomic E-state index is 0.0570. The Kier molecular flexibility index (Phi) is 73.4. The van der Waals surface area contributed by atoms with Crippen LogP contribution in [0.3, 0.4) is 0 Å². The Morgan fingerprint density at radius 2 is 0.643 bits per heavy atom. The van der Waals surface area contributed by atoms with Crippen molar-refractivity contribution in [3.63, 3.8) is 0 Å². The summed E-state index contributed by atoms with van der Waals surface area (Å²) in [5.41, 5.74) is 0. The van der Waals surface area contributed by atoms with Crippen LogP contribution >= 0.6 is 15.6 Å². The molecule has 0 aromatic rings. The quantitative estimate of drug-likeness (QED) is 0.0169. The molecule has 0 bridgehead atoms. The summed E-state index contributed by atoms with van der Waals surface area (Å²) in [6.45, 7) is 2.36. The van der Waals surface area contributed by atoms with Crippen molar-refractivity contribution in [1.29, 1.82) is 0 Å². The Morgan fingerprint density at radius 1 is 0.337 bits per heavy atom. The van der Waals surface area contributed by atoms with Gasteiger partial charge >= 0.3 is 27.6 Å². The molecule has 19 heteroatoms. The second-order valence-corrected chi connectivity index (χ2v) is 29.8. The number of phosphoric acid groups is 2. The van der Waals surface area contributed by atoms with Crippen LogP contribution in [0, 0.1) is 0 Å². The molecule has 0 aliphatic rings. The van der Waals surface area contributed by atoms with Crippen LogP contribution in [0.25, 0.3) is 0 Å². The number of rotatable bonds is 80. The van der Waals surface area contributed by atoms with Gasteiger partial charge in [0.25, 0.3) is 0 Å². The fourth-order valence-corrected chi connectivity index (χ4v) is 12.8. The smallest absolute Gasteiger partial charge is 0.463 e. The van der Waals surface area contributed by atoms with E-state index in [1.165, 1.54) is 128 Å². The van der Waals surface area contributed by atoms with Crippen molar-refractivity contribution in [2.45, 2.75) is 379 Å². The first kappa shape index (κ1) is 95.3. The molecule has 98 heavy (non-hydrogen) atoms. The third-order valence-electron chi connectivity index (χ3n) is 17.3. The monoisotopic (exact) mass is 1430 g/mol. The average molecular weight is 1430 g/mol. The van der Waals surface area contributed by atoms with E-state index < -0.39 is 72.3 Å². The van der Waals surface area contributed by atoms with Crippen molar-refractivity contribution in [2.24, 2.45) is 0 Å². The molecule has 0 aliphatic heterocycles. The van der Waals surface area contributed by atoms with Crippen molar-refractivity contribution >= 4 is 40.2 Å². The van der Waals surface area contributed by atoms with E-state index in [1.807, 2.05) is 0 Å². The van der Waals surface area contributed by atoms with Gasteiger partial charge in [-0.3, -0.25) is 27.7 Å². The number of carbonyl (C=O) groups excluding carboxylic acids is 4. The molecule has 3 N–H and O–H groups in total. The number of aliphatic hydroxyl groups excluding tert-OH is 1. The van der Waals surface area contributed by atoms with Gasteiger partial charge in [-0.05, 0) is 122 Å². The van der Waals surface area contributed by atoms with E-state index in [-0.39, 0.29) is 26.1 Å². The van der Waals surface area contributed by atoms with Crippen LogP contribution in [0.5, 0.6) is 0 Å². The SMILES string of the molecule is CCCCC/C=C\C/C=C\CCCCCCCC(=O)OC[C@H](COP(=O)(O)OC[C@H](O)COP(=O)(O)OC[C@@H](COCCCCCCCCC/C=C\CCCCCCC=O)OC(=O)CCCCCCCCCCCCCCC)OCCCCCCCCC/C=C\CCCCCCC=O. The molecule has 0 aromatic heterocycles. The van der Waals surface area contributed by atoms with E-state index in [9.17, 15) is 43.2 Å². The lowest BCUT2D eigenvalue weighted by atomic mass is 10.0. The number of aliphatic hydroxyl groups is 1. The number of ether oxygens (including phenoxy) is 4. The second kappa shape index (κ2) is 75.5. The van der Waals surface area contributed by atoms with Gasteiger partial charge in [0.05, 0.1) is 33.0 Å². The maximum Gasteiger partial charge on any atom is 0.472 e. The number of aldehydes is 2. The second-order valence-electron chi connectivity index (χ2n) is 26.9. The Labute approximate surface area is 597 Å². The van der Waals surface area contributed by atoms with Gasteiger partial charge in [-0.1, -0.05) is 262 Å². The predicted octanol–water partition coefficient (Wildman–Crippen LogP) is 22.2. The molecule has 0 saturated heterocycles. The number of allylic oxidation sites excluding steroid dienone is 8. The standard InChI is InChI=1S/C79H146O17P2/c1-3-5-7-9-11-13-15-17-22-28-33-39-45-51-57-63-78(83)91-72-76(90-68-62-56-50-44-38-32-26-21-19-24-30-36-42-48-54-60-66-81)73-94-97(85,86)92-69-75(82)70-93-98(87,88)95-74-77(96-79(84)64-58-52-46-40-34-27-16-14-12-10-8-6-4-2)71-89-67-61-55-49-43-37-31-25-20-18-23-29-35-41-47-53-59-65-80/h11,13,17-19,22-24,65-66,75-77,82H,3-10,12,14-16,20-21,25-64,67-74H2,1-2H3,(H,85,86)(H,87,88)/b13-11-,22-17-,23-18-,24-19-/t75-,76+,77+/m0/s1. The summed E-state index contributed by atoms with van der Waals surface area (Å²) in [5.74, 6) is -0.852. The molecular weight excluding hydrogens is 1280 g/mol. The number of hydrogen-bond donors (Lipinski definition) is 3.